The third-order valence-electron chi connectivity index (χ3n) is 3.06. The van der Waals surface area contributed by atoms with Crippen molar-refractivity contribution in [3.63, 3.8) is 0 Å². The molecular weight excluding hydrogens is 304 g/mol. The zero-order valence-electron chi connectivity index (χ0n) is 13.0. The van der Waals surface area contributed by atoms with Gasteiger partial charge in [-0.15, -0.1) is 0 Å². The van der Waals surface area contributed by atoms with Crippen molar-refractivity contribution in [2.75, 3.05) is 6.54 Å². The number of carbonyl (C=O) groups excluding carboxylic acids is 1. The number of amides is 1. The van der Waals surface area contributed by atoms with Crippen LogP contribution in [0.3, 0.4) is 0 Å². The van der Waals surface area contributed by atoms with Crippen LogP contribution < -0.4 is 11.1 Å². The molecular formula is C16H19F2N3O2. The number of aryl methyl sites for hydroxylation is 1. The minimum absolute atomic E-state index is 0.125. The molecule has 1 amide bonds. The maximum absolute atomic E-state index is 13.7. The second-order valence-corrected chi connectivity index (χ2v) is 6.01. The van der Waals surface area contributed by atoms with Crippen LogP contribution in [0.15, 0.2) is 28.8 Å². The lowest BCUT2D eigenvalue weighted by Crippen LogP contribution is -2.45. The third-order valence-corrected chi connectivity index (χ3v) is 3.06. The number of rotatable bonds is 6. The maximum Gasteiger partial charge on any atom is 0.220 e. The molecule has 7 heteroatoms. The quantitative estimate of drug-likeness (QED) is 0.855. The average Bonchev–Trinajstić information content (AvgIpc) is 2.91. The average molecular weight is 323 g/mol. The van der Waals surface area contributed by atoms with Crippen LogP contribution in [0.5, 0.6) is 0 Å². The molecule has 1 heterocycles. The number of nitrogens with one attached hydrogen (secondary N) is 1. The van der Waals surface area contributed by atoms with Gasteiger partial charge in [0.15, 0.2) is 11.7 Å². The zero-order chi connectivity index (χ0) is 17.0. The summed E-state index contributed by atoms with van der Waals surface area (Å²) in [6.07, 6.45) is 1.81. The molecule has 0 saturated carbocycles. The molecule has 5 nitrogen and oxygen atoms in total. The van der Waals surface area contributed by atoms with E-state index < -0.39 is 17.2 Å². The maximum atomic E-state index is 13.7. The summed E-state index contributed by atoms with van der Waals surface area (Å²) in [5.74, 6) is -1.05. The Morgan fingerprint density at radius 1 is 1.39 bits per heavy atom. The Bertz CT molecular complexity index is 693. The lowest BCUT2D eigenvalue weighted by atomic mass is 10.1. The molecule has 0 saturated heterocycles. The number of benzene rings is 1. The molecule has 1 aromatic carbocycles. The van der Waals surface area contributed by atoms with Gasteiger partial charge in [0, 0.05) is 31.0 Å². The van der Waals surface area contributed by atoms with Gasteiger partial charge in [0.25, 0.3) is 0 Å². The molecule has 124 valence electrons. The lowest BCUT2D eigenvalue weighted by Gasteiger charge is -2.18. The fourth-order valence-corrected chi connectivity index (χ4v) is 1.87. The monoisotopic (exact) mass is 323 g/mol. The van der Waals surface area contributed by atoms with Gasteiger partial charge in [-0.3, -0.25) is 4.79 Å². The number of carbonyl (C=O) groups is 1. The molecule has 0 atom stereocenters. The second-order valence-electron chi connectivity index (χ2n) is 6.01. The smallest absolute Gasteiger partial charge is 0.220 e. The first-order chi connectivity index (χ1) is 10.7. The van der Waals surface area contributed by atoms with Crippen molar-refractivity contribution in [2.45, 2.75) is 32.2 Å². The predicted octanol–water partition coefficient (Wildman–Crippen LogP) is 2.41. The van der Waals surface area contributed by atoms with Crippen molar-refractivity contribution in [3.8, 4) is 11.3 Å². The van der Waals surface area contributed by atoms with E-state index in [9.17, 15) is 13.6 Å². The van der Waals surface area contributed by atoms with Crippen LogP contribution in [0, 0.1) is 11.6 Å². The summed E-state index contributed by atoms with van der Waals surface area (Å²) in [6, 6.07) is 3.20. The fraction of sp³-hybridized carbons (Fsp3) is 0.375. The van der Waals surface area contributed by atoms with Crippen molar-refractivity contribution >= 4 is 5.91 Å². The van der Waals surface area contributed by atoms with E-state index in [0.717, 1.165) is 12.1 Å². The number of nitrogens with two attached hydrogens (primary N) is 1. The van der Waals surface area contributed by atoms with Crippen LogP contribution in [0.2, 0.25) is 0 Å². The van der Waals surface area contributed by atoms with Crippen LogP contribution in [-0.2, 0) is 11.2 Å². The molecule has 0 unspecified atom stereocenters. The van der Waals surface area contributed by atoms with Gasteiger partial charge in [-0.1, -0.05) is 0 Å². The Balaban J connectivity index is 1.94. The van der Waals surface area contributed by atoms with E-state index in [0.29, 0.717) is 12.4 Å². The van der Waals surface area contributed by atoms with Crippen molar-refractivity contribution in [2.24, 2.45) is 5.73 Å². The minimum atomic E-state index is -0.726. The van der Waals surface area contributed by atoms with Gasteiger partial charge in [0.1, 0.15) is 11.6 Å². The Morgan fingerprint density at radius 2 is 2.13 bits per heavy atom. The SMILES string of the molecule is CC(C)(N)CNC(=O)CCc1ncc(-c2ccc(F)cc2F)o1. The highest BCUT2D eigenvalue weighted by atomic mass is 19.1. The second kappa shape index (κ2) is 6.87. The van der Waals surface area contributed by atoms with Gasteiger partial charge in [0.2, 0.25) is 5.91 Å². The highest BCUT2D eigenvalue weighted by Crippen LogP contribution is 2.24. The summed E-state index contributed by atoms with van der Waals surface area (Å²) >= 11 is 0. The number of halogens is 2. The van der Waals surface area contributed by atoms with Crippen LogP contribution in [-0.4, -0.2) is 23.0 Å². The number of hydrogen-bond acceptors (Lipinski definition) is 4. The molecule has 0 bridgehead atoms. The number of oxazole rings is 1. The van der Waals surface area contributed by atoms with E-state index in [1.165, 1.54) is 12.3 Å². The standard InChI is InChI=1S/C16H19F2N3O2/c1-16(2,19)9-21-14(22)5-6-15-20-8-13(23-15)11-4-3-10(17)7-12(11)18/h3-4,7-8H,5-6,9,19H2,1-2H3,(H,21,22). The summed E-state index contributed by atoms with van der Waals surface area (Å²) in [4.78, 5) is 15.7. The number of hydrogen-bond donors (Lipinski definition) is 2. The topological polar surface area (TPSA) is 81.1 Å². The van der Waals surface area contributed by atoms with Crippen molar-refractivity contribution in [1.29, 1.82) is 0 Å². The van der Waals surface area contributed by atoms with Crippen LogP contribution in [0.1, 0.15) is 26.2 Å². The van der Waals surface area contributed by atoms with Gasteiger partial charge in [-0.05, 0) is 26.0 Å². The molecule has 0 radical (unpaired) electrons. The van der Waals surface area contributed by atoms with Crippen molar-refractivity contribution < 1.29 is 18.0 Å². The normalized spacial score (nSPS) is 11.5. The van der Waals surface area contributed by atoms with E-state index in [1.54, 1.807) is 0 Å². The first-order valence-corrected chi connectivity index (χ1v) is 7.20. The molecule has 0 aliphatic rings. The Hall–Kier alpha value is -2.28. The van der Waals surface area contributed by atoms with Crippen LogP contribution in [0.4, 0.5) is 8.78 Å². The van der Waals surface area contributed by atoms with Gasteiger partial charge in [-0.25, -0.2) is 13.8 Å². The largest absolute Gasteiger partial charge is 0.441 e. The Labute approximate surface area is 132 Å². The number of nitrogens with zero attached hydrogens (tertiary/aromatic N) is 1. The zero-order valence-corrected chi connectivity index (χ0v) is 13.0. The summed E-state index contributed by atoms with van der Waals surface area (Å²) < 4.78 is 32.0. The van der Waals surface area contributed by atoms with Gasteiger partial charge >= 0.3 is 0 Å². The lowest BCUT2D eigenvalue weighted by molar-refractivity contribution is -0.121. The minimum Gasteiger partial charge on any atom is -0.441 e. The molecule has 0 spiro atoms. The highest BCUT2D eigenvalue weighted by molar-refractivity contribution is 5.76. The molecule has 2 aromatic rings. The van der Waals surface area contributed by atoms with Crippen LogP contribution in [0.25, 0.3) is 11.3 Å². The summed E-state index contributed by atoms with van der Waals surface area (Å²) in [6.45, 7) is 3.99. The molecule has 0 fully saturated rings. The summed E-state index contributed by atoms with van der Waals surface area (Å²) in [5, 5.41) is 2.71. The van der Waals surface area contributed by atoms with E-state index in [-0.39, 0.29) is 30.1 Å². The van der Waals surface area contributed by atoms with E-state index in [2.05, 4.69) is 10.3 Å². The fourth-order valence-electron chi connectivity index (χ4n) is 1.87. The van der Waals surface area contributed by atoms with Gasteiger partial charge in [-0.2, -0.15) is 0 Å². The summed E-state index contributed by atoms with van der Waals surface area (Å²) in [7, 11) is 0. The molecule has 3 N–H and O–H groups in total. The summed E-state index contributed by atoms with van der Waals surface area (Å²) in [5.41, 5.74) is 5.42. The first-order valence-electron chi connectivity index (χ1n) is 7.20. The van der Waals surface area contributed by atoms with E-state index >= 15 is 0 Å². The highest BCUT2D eigenvalue weighted by Gasteiger charge is 2.14. The molecule has 1 aromatic heterocycles. The Morgan fingerprint density at radius 3 is 2.78 bits per heavy atom. The van der Waals surface area contributed by atoms with Crippen molar-refractivity contribution in [1.82, 2.24) is 10.3 Å². The van der Waals surface area contributed by atoms with Gasteiger partial charge < -0.3 is 15.5 Å². The third kappa shape index (κ3) is 5.14. The van der Waals surface area contributed by atoms with E-state index in [4.69, 9.17) is 10.2 Å². The molecule has 23 heavy (non-hydrogen) atoms. The van der Waals surface area contributed by atoms with E-state index in [1.807, 2.05) is 13.8 Å². The molecule has 0 aliphatic carbocycles. The Kier molecular flexibility index (Phi) is 5.10. The molecule has 2 rings (SSSR count). The molecule has 0 aliphatic heterocycles. The first kappa shape index (κ1) is 17.1. The van der Waals surface area contributed by atoms with Crippen molar-refractivity contribution in [3.05, 3.63) is 41.9 Å². The number of aromatic nitrogens is 1. The predicted molar refractivity (Wildman–Crippen MR) is 81.5 cm³/mol. The van der Waals surface area contributed by atoms with Gasteiger partial charge in [0.05, 0.1) is 11.8 Å². The van der Waals surface area contributed by atoms with Crippen LogP contribution >= 0.6 is 0 Å².